The Hall–Kier alpha value is -1.07. The first-order chi connectivity index (χ1) is 9.15. The Morgan fingerprint density at radius 2 is 2.47 bits per heavy atom. The van der Waals surface area contributed by atoms with Gasteiger partial charge in [-0.15, -0.1) is 0 Å². The van der Waals surface area contributed by atoms with E-state index in [0.717, 1.165) is 29.6 Å². The van der Waals surface area contributed by atoms with Crippen LogP contribution in [0.2, 0.25) is 0 Å². The molecular formula is C14H19BrN2O2. The summed E-state index contributed by atoms with van der Waals surface area (Å²) >= 11 is 3.40. The predicted octanol–water partition coefficient (Wildman–Crippen LogP) is 2.08. The van der Waals surface area contributed by atoms with E-state index in [9.17, 15) is 4.79 Å². The van der Waals surface area contributed by atoms with Crippen molar-refractivity contribution in [3.63, 3.8) is 0 Å². The Morgan fingerprint density at radius 1 is 1.63 bits per heavy atom. The number of halogens is 1. The molecule has 0 aliphatic carbocycles. The van der Waals surface area contributed by atoms with Crippen molar-refractivity contribution in [3.8, 4) is 5.75 Å². The zero-order valence-corrected chi connectivity index (χ0v) is 12.6. The third kappa shape index (κ3) is 4.51. The van der Waals surface area contributed by atoms with Crippen LogP contribution in [0, 0.1) is 0 Å². The summed E-state index contributed by atoms with van der Waals surface area (Å²) in [5.74, 6) is 0.873. The van der Waals surface area contributed by atoms with Gasteiger partial charge in [0.2, 0.25) is 5.91 Å². The number of carbonyl (C=O) groups is 1. The molecule has 1 aromatic rings. The lowest BCUT2D eigenvalue weighted by molar-refractivity contribution is -0.123. The second-order valence-electron chi connectivity index (χ2n) is 4.78. The van der Waals surface area contributed by atoms with Gasteiger partial charge in [0, 0.05) is 4.47 Å². The highest BCUT2D eigenvalue weighted by Crippen LogP contribution is 2.18. The van der Waals surface area contributed by atoms with Crippen LogP contribution in [0.25, 0.3) is 0 Å². The molecule has 0 radical (unpaired) electrons. The number of nitrogens with one attached hydrogen (secondary N) is 2. The molecule has 1 heterocycles. The molecule has 0 aromatic heterocycles. The molecule has 5 heteroatoms. The van der Waals surface area contributed by atoms with Gasteiger partial charge in [0.05, 0.1) is 12.6 Å². The van der Waals surface area contributed by atoms with E-state index in [1.807, 2.05) is 31.2 Å². The molecule has 104 valence electrons. The van der Waals surface area contributed by atoms with Crippen molar-refractivity contribution in [2.24, 2.45) is 0 Å². The summed E-state index contributed by atoms with van der Waals surface area (Å²) in [7, 11) is 0. The van der Waals surface area contributed by atoms with Crippen LogP contribution in [0.3, 0.4) is 0 Å². The Kier molecular flexibility index (Phi) is 5.22. The number of hydrogen-bond donors (Lipinski definition) is 2. The molecule has 19 heavy (non-hydrogen) atoms. The second kappa shape index (κ2) is 6.91. The highest BCUT2D eigenvalue weighted by Gasteiger charge is 2.21. The predicted molar refractivity (Wildman–Crippen MR) is 78.3 cm³/mol. The minimum atomic E-state index is -0.0559. The number of amides is 1. The fourth-order valence-corrected chi connectivity index (χ4v) is 2.47. The molecule has 0 bridgehead atoms. The lowest BCUT2D eigenvalue weighted by atomic mass is 10.2. The van der Waals surface area contributed by atoms with E-state index >= 15 is 0 Å². The van der Waals surface area contributed by atoms with Gasteiger partial charge in [0.25, 0.3) is 0 Å². The molecule has 2 atom stereocenters. The van der Waals surface area contributed by atoms with Crippen LogP contribution in [-0.4, -0.2) is 31.1 Å². The fourth-order valence-electron chi connectivity index (χ4n) is 2.09. The van der Waals surface area contributed by atoms with E-state index in [2.05, 4.69) is 26.6 Å². The Bertz CT molecular complexity index is 433. The highest BCUT2D eigenvalue weighted by atomic mass is 79.9. The monoisotopic (exact) mass is 326 g/mol. The van der Waals surface area contributed by atoms with Gasteiger partial charge in [-0.2, -0.15) is 0 Å². The summed E-state index contributed by atoms with van der Waals surface area (Å²) < 4.78 is 6.73. The zero-order chi connectivity index (χ0) is 13.7. The quantitative estimate of drug-likeness (QED) is 0.871. The molecule has 4 nitrogen and oxygen atoms in total. The van der Waals surface area contributed by atoms with E-state index in [1.165, 1.54) is 0 Å². The molecule has 2 N–H and O–H groups in total. The summed E-state index contributed by atoms with van der Waals surface area (Å²) in [4.78, 5) is 11.8. The van der Waals surface area contributed by atoms with Crippen molar-refractivity contribution in [3.05, 3.63) is 28.7 Å². The van der Waals surface area contributed by atoms with E-state index in [-0.39, 0.29) is 18.1 Å². The van der Waals surface area contributed by atoms with Crippen molar-refractivity contribution in [2.45, 2.75) is 31.9 Å². The van der Waals surface area contributed by atoms with Crippen LogP contribution in [0.1, 0.15) is 19.8 Å². The summed E-state index contributed by atoms with van der Waals surface area (Å²) in [6.45, 7) is 3.40. The SMILES string of the molecule is CC(CNC(=O)C1CCCN1)Oc1cccc(Br)c1. The first-order valence-electron chi connectivity index (χ1n) is 6.58. The topological polar surface area (TPSA) is 50.4 Å². The van der Waals surface area contributed by atoms with E-state index in [1.54, 1.807) is 0 Å². The van der Waals surface area contributed by atoms with Crippen LogP contribution in [0.4, 0.5) is 0 Å². The van der Waals surface area contributed by atoms with E-state index < -0.39 is 0 Å². The zero-order valence-electron chi connectivity index (χ0n) is 11.0. The van der Waals surface area contributed by atoms with Crippen LogP contribution >= 0.6 is 15.9 Å². The van der Waals surface area contributed by atoms with Crippen molar-refractivity contribution < 1.29 is 9.53 Å². The molecular weight excluding hydrogens is 308 g/mol. The third-order valence-corrected chi connectivity index (χ3v) is 3.57. The highest BCUT2D eigenvalue weighted by molar-refractivity contribution is 9.10. The maximum Gasteiger partial charge on any atom is 0.237 e. The summed E-state index contributed by atoms with van der Waals surface area (Å²) in [6, 6.07) is 7.66. The second-order valence-corrected chi connectivity index (χ2v) is 5.70. The number of carbonyl (C=O) groups excluding carboxylic acids is 1. The van der Waals surface area contributed by atoms with E-state index in [4.69, 9.17) is 4.74 Å². The van der Waals surface area contributed by atoms with Crippen LogP contribution < -0.4 is 15.4 Å². The van der Waals surface area contributed by atoms with Gasteiger partial charge in [-0.1, -0.05) is 22.0 Å². The summed E-state index contributed by atoms with van der Waals surface area (Å²) in [6.07, 6.45) is 1.94. The molecule has 1 aliphatic heterocycles. The van der Waals surface area contributed by atoms with Crippen LogP contribution in [-0.2, 0) is 4.79 Å². The van der Waals surface area contributed by atoms with E-state index in [0.29, 0.717) is 6.54 Å². The fraction of sp³-hybridized carbons (Fsp3) is 0.500. The van der Waals surface area contributed by atoms with Gasteiger partial charge < -0.3 is 15.4 Å². The summed E-state index contributed by atoms with van der Waals surface area (Å²) in [5.41, 5.74) is 0. The van der Waals surface area contributed by atoms with Crippen LogP contribution in [0.5, 0.6) is 5.75 Å². The molecule has 2 unspecified atom stereocenters. The van der Waals surface area contributed by atoms with Gasteiger partial charge in [0.15, 0.2) is 0 Å². The lowest BCUT2D eigenvalue weighted by Gasteiger charge is -2.17. The Morgan fingerprint density at radius 3 is 3.16 bits per heavy atom. The Labute approximate surface area is 122 Å². The molecule has 1 aliphatic rings. The lowest BCUT2D eigenvalue weighted by Crippen LogP contribution is -2.43. The molecule has 0 spiro atoms. The van der Waals surface area contributed by atoms with Gasteiger partial charge in [-0.05, 0) is 44.5 Å². The minimum absolute atomic E-state index is 0.0296. The van der Waals surface area contributed by atoms with Crippen molar-refractivity contribution in [1.82, 2.24) is 10.6 Å². The molecule has 2 rings (SSSR count). The normalized spacial score (nSPS) is 20.0. The van der Waals surface area contributed by atoms with Crippen molar-refractivity contribution in [1.29, 1.82) is 0 Å². The maximum atomic E-state index is 11.8. The van der Waals surface area contributed by atoms with Gasteiger partial charge in [0.1, 0.15) is 11.9 Å². The standard InChI is InChI=1S/C14H19BrN2O2/c1-10(19-12-5-2-4-11(15)8-12)9-17-14(18)13-6-3-7-16-13/h2,4-5,8,10,13,16H,3,6-7,9H2,1H3,(H,17,18). The number of benzene rings is 1. The van der Waals surface area contributed by atoms with Gasteiger partial charge >= 0.3 is 0 Å². The number of rotatable bonds is 5. The average Bonchev–Trinajstić information content (AvgIpc) is 2.90. The first kappa shape index (κ1) is 14.3. The van der Waals surface area contributed by atoms with Crippen molar-refractivity contribution >= 4 is 21.8 Å². The third-order valence-electron chi connectivity index (χ3n) is 3.07. The van der Waals surface area contributed by atoms with Crippen LogP contribution in [0.15, 0.2) is 28.7 Å². The Balaban J connectivity index is 1.75. The molecule has 1 saturated heterocycles. The molecule has 1 fully saturated rings. The van der Waals surface area contributed by atoms with Crippen molar-refractivity contribution in [2.75, 3.05) is 13.1 Å². The number of ether oxygens (including phenoxy) is 1. The summed E-state index contributed by atoms with van der Waals surface area (Å²) in [5, 5.41) is 6.10. The first-order valence-corrected chi connectivity index (χ1v) is 7.38. The number of hydrogen-bond acceptors (Lipinski definition) is 3. The average molecular weight is 327 g/mol. The van der Waals surface area contributed by atoms with Gasteiger partial charge in [-0.3, -0.25) is 4.79 Å². The molecule has 0 saturated carbocycles. The molecule has 1 aromatic carbocycles. The van der Waals surface area contributed by atoms with Gasteiger partial charge in [-0.25, -0.2) is 0 Å². The minimum Gasteiger partial charge on any atom is -0.489 e. The molecule has 1 amide bonds. The largest absolute Gasteiger partial charge is 0.489 e. The maximum absolute atomic E-state index is 11.8. The smallest absolute Gasteiger partial charge is 0.237 e.